The predicted octanol–water partition coefficient (Wildman–Crippen LogP) is 4.29. The minimum Gasteiger partial charge on any atom is -0.496 e. The fourth-order valence-electron chi connectivity index (χ4n) is 3.01. The third-order valence-electron chi connectivity index (χ3n) is 4.50. The van der Waals surface area contributed by atoms with E-state index in [4.69, 9.17) is 9.72 Å². The Balaban J connectivity index is 1.74. The maximum atomic E-state index is 13.6. The van der Waals surface area contributed by atoms with E-state index < -0.39 is 5.82 Å². The van der Waals surface area contributed by atoms with Gasteiger partial charge in [0.15, 0.2) is 11.6 Å². The Morgan fingerprint density at radius 3 is 2.77 bits per heavy atom. The molecule has 0 amide bonds. The highest BCUT2D eigenvalue weighted by Crippen LogP contribution is 2.41. The first kappa shape index (κ1) is 17.0. The highest BCUT2D eigenvalue weighted by atomic mass is 32.2. The van der Waals surface area contributed by atoms with Crippen LogP contribution in [0.1, 0.15) is 24.6 Å². The van der Waals surface area contributed by atoms with Crippen molar-refractivity contribution < 1.29 is 9.13 Å². The summed E-state index contributed by atoms with van der Waals surface area (Å²) in [6.45, 7) is 0. The van der Waals surface area contributed by atoms with Gasteiger partial charge >= 0.3 is 0 Å². The number of aryl methyl sites for hydroxylation is 1. The number of thioether (sulfide) groups is 1. The average Bonchev–Trinajstić information content (AvgIpc) is 3.43. The second-order valence-electron chi connectivity index (χ2n) is 6.34. The topological polar surface area (TPSA) is 52.8 Å². The van der Waals surface area contributed by atoms with Crippen LogP contribution in [-0.2, 0) is 7.05 Å². The molecule has 2 aromatic heterocycles. The van der Waals surface area contributed by atoms with E-state index in [1.807, 2.05) is 31.4 Å². The lowest BCUT2D eigenvalue weighted by atomic mass is 10.1. The highest BCUT2D eigenvalue weighted by molar-refractivity contribution is 7.98. The molecule has 4 rings (SSSR count). The van der Waals surface area contributed by atoms with Gasteiger partial charge in [-0.05, 0) is 31.2 Å². The molecular weight excluding hydrogens is 351 g/mol. The van der Waals surface area contributed by atoms with E-state index in [-0.39, 0.29) is 0 Å². The number of ether oxygens (including phenoxy) is 1. The lowest BCUT2D eigenvalue weighted by molar-refractivity contribution is 0.416. The van der Waals surface area contributed by atoms with E-state index in [2.05, 4.69) is 14.5 Å². The van der Waals surface area contributed by atoms with Gasteiger partial charge in [0.2, 0.25) is 0 Å². The summed E-state index contributed by atoms with van der Waals surface area (Å²) in [6.07, 6.45) is 7.44. The third kappa shape index (κ3) is 3.07. The summed E-state index contributed by atoms with van der Waals surface area (Å²) in [5, 5.41) is 0.330. The molecule has 1 aliphatic rings. The van der Waals surface area contributed by atoms with Gasteiger partial charge in [-0.25, -0.2) is 19.3 Å². The minimum atomic E-state index is -0.411. The molecule has 1 aromatic carbocycles. The van der Waals surface area contributed by atoms with E-state index in [0.717, 1.165) is 22.6 Å². The molecule has 1 fully saturated rings. The van der Waals surface area contributed by atoms with Gasteiger partial charge in [0.1, 0.15) is 16.6 Å². The van der Waals surface area contributed by atoms with Crippen LogP contribution < -0.4 is 4.74 Å². The van der Waals surface area contributed by atoms with Crippen molar-refractivity contribution in [2.24, 2.45) is 7.05 Å². The lowest BCUT2D eigenvalue weighted by Gasteiger charge is -2.09. The van der Waals surface area contributed by atoms with Crippen LogP contribution in [0.25, 0.3) is 22.6 Å². The van der Waals surface area contributed by atoms with Crippen LogP contribution in [0.5, 0.6) is 5.75 Å². The first-order chi connectivity index (χ1) is 12.6. The fourth-order valence-corrected chi connectivity index (χ4v) is 3.43. The van der Waals surface area contributed by atoms with Crippen LogP contribution in [0.15, 0.2) is 35.6 Å². The van der Waals surface area contributed by atoms with E-state index in [1.54, 1.807) is 13.4 Å². The molecule has 7 heteroatoms. The Morgan fingerprint density at radius 2 is 2.08 bits per heavy atom. The number of halogens is 1. The van der Waals surface area contributed by atoms with Crippen LogP contribution in [0.4, 0.5) is 4.39 Å². The summed E-state index contributed by atoms with van der Waals surface area (Å²) in [5.41, 5.74) is 2.59. The van der Waals surface area contributed by atoms with Crippen LogP contribution in [0.3, 0.4) is 0 Å². The van der Waals surface area contributed by atoms with Crippen molar-refractivity contribution in [1.29, 1.82) is 0 Å². The fraction of sp³-hybridized carbons (Fsp3) is 0.316. The Morgan fingerprint density at radius 1 is 1.27 bits per heavy atom. The molecule has 0 bridgehead atoms. The zero-order valence-electron chi connectivity index (χ0n) is 14.9. The maximum absolute atomic E-state index is 13.6. The molecule has 0 unspecified atom stereocenters. The van der Waals surface area contributed by atoms with Gasteiger partial charge in [-0.15, -0.1) is 11.8 Å². The number of imidazole rings is 1. The number of rotatable bonds is 5. The van der Waals surface area contributed by atoms with Gasteiger partial charge in [-0.1, -0.05) is 6.07 Å². The number of benzene rings is 1. The average molecular weight is 370 g/mol. The molecule has 26 heavy (non-hydrogen) atoms. The minimum absolute atomic E-state index is 0.330. The van der Waals surface area contributed by atoms with Crippen LogP contribution in [0.2, 0.25) is 0 Å². The largest absolute Gasteiger partial charge is 0.496 e. The van der Waals surface area contributed by atoms with Crippen LogP contribution in [-0.4, -0.2) is 32.9 Å². The van der Waals surface area contributed by atoms with E-state index in [9.17, 15) is 4.39 Å². The molecular formula is C19H19FN4OS. The number of hydrogen-bond acceptors (Lipinski definition) is 5. The predicted molar refractivity (Wildman–Crippen MR) is 99.9 cm³/mol. The maximum Gasteiger partial charge on any atom is 0.173 e. The number of methoxy groups -OCH3 is 1. The molecule has 0 saturated heterocycles. The molecule has 0 aliphatic heterocycles. The normalized spacial score (nSPS) is 13.8. The Bertz CT molecular complexity index is 968. The molecule has 0 spiro atoms. The summed E-state index contributed by atoms with van der Waals surface area (Å²) in [4.78, 5) is 13.2. The Kier molecular flexibility index (Phi) is 4.40. The molecule has 5 nitrogen and oxygen atoms in total. The molecule has 1 aliphatic carbocycles. The summed E-state index contributed by atoms with van der Waals surface area (Å²) in [5.74, 6) is 2.46. The van der Waals surface area contributed by atoms with Gasteiger partial charge in [0.05, 0.1) is 19.0 Å². The quantitative estimate of drug-likeness (QED) is 0.495. The van der Waals surface area contributed by atoms with Gasteiger partial charge in [-0.2, -0.15) is 0 Å². The number of nitrogens with zero attached hydrogens (tertiary/aromatic N) is 4. The second kappa shape index (κ2) is 6.72. The molecule has 0 atom stereocenters. The highest BCUT2D eigenvalue weighted by Gasteiger charge is 2.28. The van der Waals surface area contributed by atoms with Crippen molar-refractivity contribution in [1.82, 2.24) is 19.5 Å². The smallest absolute Gasteiger partial charge is 0.173 e. The summed E-state index contributed by atoms with van der Waals surface area (Å²) in [7, 11) is 3.66. The van der Waals surface area contributed by atoms with Crippen molar-refractivity contribution in [2.45, 2.75) is 23.8 Å². The zero-order chi connectivity index (χ0) is 18.3. The summed E-state index contributed by atoms with van der Waals surface area (Å²) >= 11 is 1.26. The summed E-state index contributed by atoms with van der Waals surface area (Å²) < 4.78 is 21.3. The second-order valence-corrected chi connectivity index (χ2v) is 7.13. The van der Waals surface area contributed by atoms with Gasteiger partial charge < -0.3 is 9.30 Å². The van der Waals surface area contributed by atoms with Gasteiger partial charge in [-0.3, -0.25) is 0 Å². The lowest BCUT2D eigenvalue weighted by Crippen LogP contribution is -1.96. The number of aromatic nitrogens is 4. The molecule has 0 N–H and O–H groups in total. The van der Waals surface area contributed by atoms with Crippen LogP contribution in [0, 0.1) is 5.82 Å². The first-order valence-corrected chi connectivity index (χ1v) is 9.61. The van der Waals surface area contributed by atoms with Gasteiger partial charge in [0, 0.05) is 30.3 Å². The molecule has 0 radical (unpaired) electrons. The van der Waals surface area contributed by atoms with Crippen molar-refractivity contribution in [3.05, 3.63) is 42.2 Å². The summed E-state index contributed by atoms with van der Waals surface area (Å²) in [6, 6.07) is 5.75. The van der Waals surface area contributed by atoms with Gasteiger partial charge in [0.25, 0.3) is 0 Å². The zero-order valence-corrected chi connectivity index (χ0v) is 15.7. The van der Waals surface area contributed by atoms with E-state index in [1.165, 1.54) is 30.8 Å². The van der Waals surface area contributed by atoms with Crippen molar-refractivity contribution in [2.75, 3.05) is 13.4 Å². The Hall–Kier alpha value is -2.41. The Labute approximate surface area is 155 Å². The van der Waals surface area contributed by atoms with Crippen LogP contribution >= 0.6 is 11.8 Å². The van der Waals surface area contributed by atoms with Crippen molar-refractivity contribution in [3.8, 4) is 28.4 Å². The molecule has 134 valence electrons. The standard InChI is InChI=1S/C19H19FN4OS/c1-24-10-15(22-18(24)11-4-5-11)13-7-6-12(8-16(13)25-2)17-21-9-14(20)19(23-17)26-3/h6-11H,4-5H2,1-3H3. The van der Waals surface area contributed by atoms with Crippen molar-refractivity contribution >= 4 is 11.8 Å². The van der Waals surface area contributed by atoms with Crippen molar-refractivity contribution in [3.63, 3.8) is 0 Å². The first-order valence-electron chi connectivity index (χ1n) is 8.39. The van der Waals surface area contributed by atoms with E-state index >= 15 is 0 Å². The molecule has 3 aromatic rings. The monoisotopic (exact) mass is 370 g/mol. The molecule has 1 saturated carbocycles. The number of hydrogen-bond donors (Lipinski definition) is 0. The SMILES string of the molecule is COc1cc(-c2ncc(F)c(SC)n2)ccc1-c1cn(C)c(C2CC2)n1. The third-order valence-corrected chi connectivity index (χ3v) is 5.17. The van der Waals surface area contributed by atoms with E-state index in [0.29, 0.717) is 22.5 Å². The molecule has 2 heterocycles.